The van der Waals surface area contributed by atoms with Crippen LogP contribution in [-0.2, 0) is 25.4 Å². The number of carboxylic acids is 1. The maximum absolute atomic E-state index is 14.9. The molecule has 0 radical (unpaired) electrons. The number of rotatable bonds is 11. The van der Waals surface area contributed by atoms with E-state index in [-0.39, 0.29) is 22.7 Å². The van der Waals surface area contributed by atoms with E-state index in [0.29, 0.717) is 59.4 Å². The standard InChI is InChI=1S/C24H18F5N7O.C12H5F4N3O2.C12H15FN4.I3.I2/c1-34(2)13-22-31-7-8-35(22)15-4-6-19(18(26)10-15)32-23(37)20-11-21(24(27,28)29)33-36(20)16-3-5-17(25)14(9-16)12-30;13-8-2-1-7(3-6(8)5-17)19-9(11(20)21)4-10(18-19)12(14,15)16;1-16(2)8-12-15-5-6-17(12)9-3-4-11(14)10(13)7-9;1-3-2;1-2/h3-11H,13H2,1-2H3,(H,32,37);1-4H,(H,20,21);3-7H,8,14H2,1-2H3;;/q;;;-1;. The van der Waals surface area contributed by atoms with E-state index in [9.17, 15) is 53.5 Å². The number of carbonyl (C=O) groups excluding carboxylic acids is 1. The summed E-state index contributed by atoms with van der Waals surface area (Å²) in [6.45, 7) is 1.18. The Bertz CT molecular complexity index is 3520. The summed E-state index contributed by atoms with van der Waals surface area (Å²) >= 11 is 9.54. The Morgan fingerprint density at radius 2 is 1.04 bits per heavy atom. The van der Waals surface area contributed by atoms with Gasteiger partial charge < -0.3 is 35.1 Å². The minimum atomic E-state index is -4.90. The molecule has 0 fully saturated rings. The number of benzene rings is 4. The molecule has 0 aliphatic rings. The molecular formula is C48H38F10I5N14O3-. The first-order valence-electron chi connectivity index (χ1n) is 21.7. The molecule has 32 heteroatoms. The predicted octanol–water partition coefficient (Wildman–Crippen LogP) is 9.34. The topological polar surface area (TPSA) is 218 Å². The Balaban J connectivity index is 0.000000270. The van der Waals surface area contributed by atoms with E-state index >= 15 is 0 Å². The van der Waals surface area contributed by atoms with Gasteiger partial charge in [-0.1, -0.05) is 0 Å². The molecule has 0 aliphatic heterocycles. The number of nitriles is 2. The van der Waals surface area contributed by atoms with E-state index in [4.69, 9.17) is 21.4 Å². The number of imidazole rings is 2. The summed E-state index contributed by atoms with van der Waals surface area (Å²) in [6.07, 6.45) is -3.02. The fourth-order valence-electron chi connectivity index (χ4n) is 6.75. The molecule has 0 atom stereocenters. The molecule has 8 rings (SSSR count). The molecule has 8 aromatic rings. The third kappa shape index (κ3) is 18.2. The summed E-state index contributed by atoms with van der Waals surface area (Å²) in [5.74, 6) is -4.26. The zero-order chi connectivity index (χ0) is 59.8. The molecule has 1 amide bonds. The van der Waals surface area contributed by atoms with Gasteiger partial charge in [0.2, 0.25) is 0 Å². The summed E-state index contributed by atoms with van der Waals surface area (Å²) in [7, 11) is 7.62. The van der Waals surface area contributed by atoms with Crippen LogP contribution in [0.2, 0.25) is 0 Å². The van der Waals surface area contributed by atoms with Gasteiger partial charge in [0.05, 0.1) is 47.0 Å². The molecule has 4 N–H and O–H groups in total. The minimum absolute atomic E-state index is 0.156. The average molecular weight is 1680 g/mol. The molecular weight excluding hydrogens is 1650 g/mol. The van der Waals surface area contributed by atoms with Gasteiger partial charge in [-0.2, -0.15) is 47.1 Å². The van der Waals surface area contributed by atoms with Gasteiger partial charge in [-0.25, -0.2) is 41.7 Å². The molecule has 4 heterocycles. The van der Waals surface area contributed by atoms with Gasteiger partial charge in [0.1, 0.15) is 52.8 Å². The Kier molecular flexibility index (Phi) is 25.4. The minimum Gasteiger partial charge on any atom is -0.477 e. The second kappa shape index (κ2) is 30.4. The second-order valence-corrected chi connectivity index (χ2v) is 32.5. The number of nitrogens with zero attached hydrogens (tertiary/aromatic N) is 12. The number of halogens is 15. The average Bonchev–Trinajstić information content (AvgIpc) is 4.34. The molecule has 0 bridgehead atoms. The van der Waals surface area contributed by atoms with Crippen molar-refractivity contribution in [3.63, 3.8) is 0 Å². The third-order valence-corrected chi connectivity index (χ3v) is 10.2. The molecule has 80 heavy (non-hydrogen) atoms. The molecule has 0 saturated carbocycles. The predicted molar refractivity (Wildman–Crippen MR) is 304 cm³/mol. The summed E-state index contributed by atoms with van der Waals surface area (Å²) in [5, 5.41) is 35.5. The van der Waals surface area contributed by atoms with Crippen LogP contribution in [0, 0.1) is 45.9 Å². The number of nitrogens with two attached hydrogens (primary N) is 1. The molecule has 4 aromatic heterocycles. The van der Waals surface area contributed by atoms with Gasteiger partial charge in [0.25, 0.3) is 5.91 Å². The van der Waals surface area contributed by atoms with Crippen LogP contribution in [-0.4, -0.2) is 93.6 Å². The van der Waals surface area contributed by atoms with Crippen LogP contribution in [0.5, 0.6) is 0 Å². The Hall–Kier alpha value is -5.69. The van der Waals surface area contributed by atoms with E-state index < -0.39 is 81.4 Å². The summed E-state index contributed by atoms with van der Waals surface area (Å²) in [6, 6.07) is 18.2. The normalized spacial score (nSPS) is 11.0. The molecule has 0 spiro atoms. The molecule has 0 unspecified atom stereocenters. The van der Waals surface area contributed by atoms with E-state index in [1.165, 1.54) is 24.3 Å². The number of aromatic carboxylic acids is 1. The van der Waals surface area contributed by atoms with E-state index in [1.807, 2.05) is 48.8 Å². The van der Waals surface area contributed by atoms with Crippen molar-refractivity contribution in [1.82, 2.24) is 48.5 Å². The quantitative estimate of drug-likeness (QED) is 0.0627. The van der Waals surface area contributed by atoms with Crippen LogP contribution < -0.4 is 24.3 Å². The van der Waals surface area contributed by atoms with E-state index in [1.54, 1.807) is 41.4 Å². The number of aromatic nitrogens is 8. The number of nitrogens with one attached hydrogen (secondary N) is 1. The van der Waals surface area contributed by atoms with Crippen molar-refractivity contribution in [3.8, 4) is 34.9 Å². The number of hydrogen-bond donors (Lipinski definition) is 3. The van der Waals surface area contributed by atoms with Gasteiger partial charge in [0, 0.05) is 97.7 Å². The van der Waals surface area contributed by atoms with Crippen LogP contribution >= 0.6 is 74.5 Å². The molecule has 424 valence electrons. The first-order chi connectivity index (χ1) is 37.7. The first kappa shape index (κ1) is 66.8. The number of hydrogen-bond acceptors (Lipinski definition) is 11. The van der Waals surface area contributed by atoms with Crippen molar-refractivity contribution in [3.05, 3.63) is 179 Å². The maximum atomic E-state index is 14.9. The van der Waals surface area contributed by atoms with Crippen molar-refractivity contribution < 1.29 is 71.9 Å². The smallest absolute Gasteiger partial charge is 0.435 e. The summed E-state index contributed by atoms with van der Waals surface area (Å²) in [4.78, 5) is 36.3. The number of amides is 1. The first-order valence-corrected chi connectivity index (χ1v) is 40.6. The molecule has 4 aromatic carbocycles. The van der Waals surface area contributed by atoms with Crippen LogP contribution in [0.15, 0.2) is 110 Å². The van der Waals surface area contributed by atoms with Gasteiger partial charge in [-0.05, 0) is 88.9 Å². The van der Waals surface area contributed by atoms with Gasteiger partial charge in [0.15, 0.2) is 17.1 Å². The van der Waals surface area contributed by atoms with Crippen LogP contribution in [0.25, 0.3) is 22.7 Å². The SMILES string of the molecule is CN(C)Cc1nccn1-c1ccc(N)c(F)c1.CN(C)Cc1nccn1-c1ccc(NC(=O)c2cc(C(F)(F)F)nn2-c2ccc(F)c(C#N)c2)c(F)c1.II.I[I-]I.N#Cc1cc(-n2nc(C(F)(F)F)cc2C(=O)O)ccc1F. The molecule has 0 aliphatic carbocycles. The number of alkyl halides is 6. The number of anilines is 2. The number of carboxylic acid groups (broad SMARTS) is 1. The van der Waals surface area contributed by atoms with E-state index in [2.05, 4.69) is 99.9 Å². The maximum Gasteiger partial charge on any atom is 0.435 e. The fraction of sp³-hybridized carbons (Fsp3) is 0.167. The van der Waals surface area contributed by atoms with Crippen molar-refractivity contribution in [2.75, 3.05) is 39.2 Å². The zero-order valence-electron chi connectivity index (χ0n) is 41.2. The van der Waals surface area contributed by atoms with Crippen LogP contribution in [0.3, 0.4) is 0 Å². The summed E-state index contributed by atoms with van der Waals surface area (Å²) in [5.41, 5.74) is 1.09. The van der Waals surface area contributed by atoms with Crippen molar-refractivity contribution >= 4 is 97.7 Å². The molecule has 17 nitrogen and oxygen atoms in total. The Morgan fingerprint density at radius 1 is 0.637 bits per heavy atom. The van der Waals surface area contributed by atoms with Crippen molar-refractivity contribution in [2.45, 2.75) is 25.4 Å². The van der Waals surface area contributed by atoms with Crippen LogP contribution in [0.4, 0.5) is 55.3 Å². The number of nitrogen functional groups attached to an aromatic ring is 1. The monoisotopic (exact) mass is 1680 g/mol. The largest absolute Gasteiger partial charge is 0.477 e. The van der Waals surface area contributed by atoms with Gasteiger partial charge in [-0.3, -0.25) is 4.79 Å². The Morgan fingerprint density at radius 3 is 1.43 bits per heavy atom. The van der Waals surface area contributed by atoms with Crippen molar-refractivity contribution in [1.29, 1.82) is 10.5 Å². The van der Waals surface area contributed by atoms with Gasteiger partial charge in [-0.15, -0.1) is 0 Å². The number of carbonyl (C=O) groups is 2. The van der Waals surface area contributed by atoms with Gasteiger partial charge >= 0.3 is 68.8 Å². The fourth-order valence-corrected chi connectivity index (χ4v) is 6.75. The second-order valence-electron chi connectivity index (χ2n) is 16.3. The summed E-state index contributed by atoms with van der Waals surface area (Å²) < 4.78 is 138. The zero-order valence-corrected chi connectivity index (χ0v) is 52.0. The Labute approximate surface area is 501 Å². The van der Waals surface area contributed by atoms with E-state index in [0.717, 1.165) is 54.0 Å². The van der Waals surface area contributed by atoms with Crippen molar-refractivity contribution in [2.24, 2.45) is 0 Å². The molecule has 0 saturated heterocycles. The van der Waals surface area contributed by atoms with Crippen LogP contribution in [0.1, 0.15) is 55.1 Å². The third-order valence-electron chi connectivity index (χ3n) is 10.2.